The van der Waals surface area contributed by atoms with Crippen molar-refractivity contribution in [2.75, 3.05) is 25.7 Å². The monoisotopic (exact) mass is 485 g/mol. The molecule has 0 atom stereocenters. The number of rotatable bonds is 8. The molecule has 4 rings (SSSR count). The maximum absolute atomic E-state index is 12.7. The van der Waals surface area contributed by atoms with Gasteiger partial charge in [-0.2, -0.15) is 0 Å². The molecule has 0 aliphatic carbocycles. The fraction of sp³-hybridized carbons (Fsp3) is 0.185. The van der Waals surface area contributed by atoms with E-state index < -0.39 is 0 Å². The average molecular weight is 486 g/mol. The Kier molecular flexibility index (Phi) is 7.62. The molecule has 178 valence electrons. The van der Waals surface area contributed by atoms with Crippen molar-refractivity contribution in [2.45, 2.75) is 18.4 Å². The van der Waals surface area contributed by atoms with Crippen LogP contribution in [0.5, 0.6) is 5.75 Å². The zero-order chi connectivity index (χ0) is 24.8. The van der Waals surface area contributed by atoms with Gasteiger partial charge in [-0.15, -0.1) is 11.8 Å². The maximum Gasteiger partial charge on any atom is 0.251 e. The van der Waals surface area contributed by atoms with Crippen LogP contribution in [0, 0.1) is 6.92 Å². The Morgan fingerprint density at radius 1 is 1.00 bits per heavy atom. The molecule has 0 bridgehead atoms. The van der Waals surface area contributed by atoms with E-state index in [1.807, 2.05) is 67.8 Å². The SMILES string of the molecule is CNc1nccc(-c2cc(-c3ccnc(CNC(=O)c4ccc(C)c(SC)c4)c3)ccc2OC)n1. The number of hydrogen-bond acceptors (Lipinski definition) is 7. The maximum atomic E-state index is 12.7. The van der Waals surface area contributed by atoms with E-state index in [2.05, 4.69) is 25.6 Å². The molecular formula is C27H27N5O2S. The largest absolute Gasteiger partial charge is 0.496 e. The number of aryl methyl sites for hydroxylation is 1. The number of nitrogens with zero attached hydrogens (tertiary/aromatic N) is 3. The van der Waals surface area contributed by atoms with Crippen LogP contribution in [0.25, 0.3) is 22.4 Å². The highest BCUT2D eigenvalue weighted by atomic mass is 32.2. The number of nitrogens with one attached hydrogen (secondary N) is 2. The summed E-state index contributed by atoms with van der Waals surface area (Å²) in [6.45, 7) is 2.37. The van der Waals surface area contributed by atoms with E-state index in [9.17, 15) is 4.79 Å². The van der Waals surface area contributed by atoms with Crippen molar-refractivity contribution in [2.24, 2.45) is 0 Å². The lowest BCUT2D eigenvalue weighted by Crippen LogP contribution is -2.23. The zero-order valence-electron chi connectivity index (χ0n) is 20.1. The number of aromatic nitrogens is 3. The molecule has 0 fully saturated rings. The van der Waals surface area contributed by atoms with Gasteiger partial charge < -0.3 is 15.4 Å². The van der Waals surface area contributed by atoms with Gasteiger partial charge >= 0.3 is 0 Å². The van der Waals surface area contributed by atoms with Crippen molar-refractivity contribution in [3.05, 3.63) is 83.8 Å². The van der Waals surface area contributed by atoms with E-state index >= 15 is 0 Å². The fourth-order valence-electron chi connectivity index (χ4n) is 3.71. The Morgan fingerprint density at radius 3 is 2.57 bits per heavy atom. The first kappa shape index (κ1) is 24.2. The fourth-order valence-corrected chi connectivity index (χ4v) is 4.34. The highest BCUT2D eigenvalue weighted by Crippen LogP contribution is 2.33. The van der Waals surface area contributed by atoms with Crippen LogP contribution in [0.3, 0.4) is 0 Å². The van der Waals surface area contributed by atoms with Crippen molar-refractivity contribution >= 4 is 23.6 Å². The number of ether oxygens (including phenoxy) is 1. The minimum absolute atomic E-state index is 0.122. The van der Waals surface area contributed by atoms with Crippen LogP contribution in [-0.4, -0.2) is 41.3 Å². The number of methoxy groups -OCH3 is 1. The summed E-state index contributed by atoms with van der Waals surface area (Å²) in [4.78, 5) is 27.0. The molecule has 1 amide bonds. The van der Waals surface area contributed by atoms with Crippen LogP contribution in [0.1, 0.15) is 21.6 Å². The van der Waals surface area contributed by atoms with Crippen molar-refractivity contribution in [3.63, 3.8) is 0 Å². The lowest BCUT2D eigenvalue weighted by molar-refractivity contribution is 0.0950. The third-order valence-corrected chi connectivity index (χ3v) is 6.48. The number of pyridine rings is 1. The smallest absolute Gasteiger partial charge is 0.251 e. The summed E-state index contributed by atoms with van der Waals surface area (Å²) in [6, 6.07) is 17.5. The molecule has 2 N–H and O–H groups in total. The molecular weight excluding hydrogens is 458 g/mol. The summed E-state index contributed by atoms with van der Waals surface area (Å²) in [5, 5.41) is 5.94. The van der Waals surface area contributed by atoms with Crippen LogP contribution >= 0.6 is 11.8 Å². The third-order valence-electron chi connectivity index (χ3n) is 5.60. The van der Waals surface area contributed by atoms with Crippen LogP contribution in [0.4, 0.5) is 5.95 Å². The Labute approximate surface area is 209 Å². The first-order valence-corrected chi connectivity index (χ1v) is 12.3. The third kappa shape index (κ3) is 5.60. The topological polar surface area (TPSA) is 89.0 Å². The second-order valence-electron chi connectivity index (χ2n) is 7.83. The van der Waals surface area contributed by atoms with Crippen LogP contribution in [0.2, 0.25) is 0 Å². The average Bonchev–Trinajstić information content (AvgIpc) is 2.91. The number of carbonyl (C=O) groups is 1. The number of benzene rings is 2. The summed E-state index contributed by atoms with van der Waals surface area (Å²) in [5.41, 5.74) is 6.16. The van der Waals surface area contributed by atoms with Crippen LogP contribution < -0.4 is 15.4 Å². The Bertz CT molecular complexity index is 1360. The normalized spacial score (nSPS) is 10.6. The summed E-state index contributed by atoms with van der Waals surface area (Å²) < 4.78 is 5.58. The number of amides is 1. The molecule has 35 heavy (non-hydrogen) atoms. The highest BCUT2D eigenvalue weighted by Gasteiger charge is 2.12. The Hall–Kier alpha value is -3.91. The first-order valence-electron chi connectivity index (χ1n) is 11.1. The molecule has 2 aromatic heterocycles. The van der Waals surface area contributed by atoms with Gasteiger partial charge in [-0.1, -0.05) is 12.1 Å². The van der Waals surface area contributed by atoms with Crippen LogP contribution in [0.15, 0.2) is 71.9 Å². The number of thioether (sulfide) groups is 1. The van der Waals surface area contributed by atoms with Gasteiger partial charge in [0.25, 0.3) is 5.91 Å². The zero-order valence-corrected chi connectivity index (χ0v) is 20.9. The van der Waals surface area contributed by atoms with Gasteiger partial charge in [0.15, 0.2) is 0 Å². The molecule has 0 unspecified atom stereocenters. The molecule has 0 aliphatic heterocycles. The second kappa shape index (κ2) is 11.0. The van der Waals surface area contributed by atoms with Crippen LogP contribution in [-0.2, 0) is 6.54 Å². The molecule has 0 saturated heterocycles. The molecule has 0 aliphatic rings. The van der Waals surface area contributed by atoms with Gasteiger partial charge in [0.05, 0.1) is 25.0 Å². The molecule has 4 aromatic rings. The number of hydrogen-bond donors (Lipinski definition) is 2. The lowest BCUT2D eigenvalue weighted by atomic mass is 10.0. The van der Waals surface area contributed by atoms with Gasteiger partial charge in [-0.05, 0) is 72.3 Å². The summed E-state index contributed by atoms with van der Waals surface area (Å²) >= 11 is 1.63. The number of anilines is 1. The van der Waals surface area contributed by atoms with Gasteiger partial charge in [-0.3, -0.25) is 9.78 Å². The quantitative estimate of drug-likeness (QED) is 0.331. The molecule has 0 spiro atoms. The summed E-state index contributed by atoms with van der Waals surface area (Å²) in [7, 11) is 3.42. The standard InChI is InChI=1S/C27H27N5O2S/c1-17-5-6-20(15-25(17)35-4)26(33)31-16-21-13-19(9-11-29-21)18-7-8-24(34-3)22(14-18)23-10-12-30-27(28-2)32-23/h5-15H,16H2,1-4H3,(H,31,33)(H,28,30,32). The molecule has 8 heteroatoms. The highest BCUT2D eigenvalue weighted by molar-refractivity contribution is 7.98. The van der Waals surface area contributed by atoms with Gasteiger partial charge in [0, 0.05) is 35.5 Å². The molecule has 7 nitrogen and oxygen atoms in total. The summed E-state index contributed by atoms with van der Waals surface area (Å²) in [5.74, 6) is 1.14. The Morgan fingerprint density at radius 2 is 1.80 bits per heavy atom. The van der Waals surface area contributed by atoms with Gasteiger partial charge in [0.2, 0.25) is 5.95 Å². The predicted molar refractivity (Wildman–Crippen MR) is 141 cm³/mol. The van der Waals surface area contributed by atoms with Crippen molar-refractivity contribution in [3.8, 4) is 28.1 Å². The Balaban J connectivity index is 1.56. The first-order chi connectivity index (χ1) is 17.0. The van der Waals surface area contributed by atoms with E-state index in [0.29, 0.717) is 18.1 Å². The lowest BCUT2D eigenvalue weighted by Gasteiger charge is -2.12. The molecule has 2 heterocycles. The van der Waals surface area contributed by atoms with Crippen molar-refractivity contribution in [1.82, 2.24) is 20.3 Å². The van der Waals surface area contributed by atoms with E-state index in [-0.39, 0.29) is 5.91 Å². The minimum Gasteiger partial charge on any atom is -0.496 e. The molecule has 0 saturated carbocycles. The van der Waals surface area contributed by atoms with Crippen molar-refractivity contribution in [1.29, 1.82) is 0 Å². The summed E-state index contributed by atoms with van der Waals surface area (Å²) in [6.07, 6.45) is 5.47. The molecule has 0 radical (unpaired) electrons. The predicted octanol–water partition coefficient (Wildman–Crippen LogP) is 5.22. The van der Waals surface area contributed by atoms with Crippen molar-refractivity contribution < 1.29 is 9.53 Å². The van der Waals surface area contributed by atoms with E-state index in [4.69, 9.17) is 4.74 Å². The minimum atomic E-state index is -0.122. The van der Waals surface area contributed by atoms with E-state index in [0.717, 1.165) is 44.3 Å². The van der Waals surface area contributed by atoms with Gasteiger partial charge in [-0.25, -0.2) is 9.97 Å². The van der Waals surface area contributed by atoms with Gasteiger partial charge in [0.1, 0.15) is 5.75 Å². The second-order valence-corrected chi connectivity index (χ2v) is 8.68. The van der Waals surface area contributed by atoms with E-state index in [1.165, 1.54) is 0 Å². The number of carbonyl (C=O) groups excluding carboxylic acids is 1. The molecule has 2 aromatic carbocycles. The van der Waals surface area contributed by atoms with E-state index in [1.54, 1.807) is 38.3 Å².